The summed E-state index contributed by atoms with van der Waals surface area (Å²) < 4.78 is 5.11. The largest absolute Gasteiger partial charge is 0.383 e. The maximum Gasteiger partial charge on any atom is 0.241 e. The van der Waals surface area contributed by atoms with E-state index in [-0.39, 0.29) is 18.1 Å². The zero-order valence-corrected chi connectivity index (χ0v) is 12.5. The van der Waals surface area contributed by atoms with Gasteiger partial charge in [-0.05, 0) is 17.9 Å². The molecule has 0 spiro atoms. The summed E-state index contributed by atoms with van der Waals surface area (Å²) in [5.74, 6) is 0.571. The van der Waals surface area contributed by atoms with Crippen LogP contribution in [0.3, 0.4) is 0 Å². The minimum Gasteiger partial charge on any atom is -0.383 e. The van der Waals surface area contributed by atoms with E-state index in [4.69, 9.17) is 4.74 Å². The average molecular weight is 276 g/mol. The smallest absolute Gasteiger partial charge is 0.241 e. The minimum absolute atomic E-state index is 0.103. The Balaban J connectivity index is 2.06. The number of nitrogens with zero attached hydrogens (tertiary/aromatic N) is 1. The molecule has 4 nitrogen and oxygen atoms in total. The lowest BCUT2D eigenvalue weighted by Crippen LogP contribution is -2.43. The van der Waals surface area contributed by atoms with Crippen molar-refractivity contribution in [2.24, 2.45) is 5.92 Å². The Morgan fingerprint density at radius 3 is 2.60 bits per heavy atom. The van der Waals surface area contributed by atoms with Crippen molar-refractivity contribution in [2.75, 3.05) is 20.3 Å². The van der Waals surface area contributed by atoms with E-state index in [2.05, 4.69) is 31.3 Å². The van der Waals surface area contributed by atoms with Gasteiger partial charge in [-0.1, -0.05) is 44.2 Å². The summed E-state index contributed by atoms with van der Waals surface area (Å²) in [5, 5.41) is 3.47. The second-order valence-corrected chi connectivity index (χ2v) is 5.62. The highest BCUT2D eigenvalue weighted by Gasteiger charge is 2.39. The van der Waals surface area contributed by atoms with Gasteiger partial charge in [0.25, 0.3) is 0 Å². The lowest BCUT2D eigenvalue weighted by Gasteiger charge is -2.26. The van der Waals surface area contributed by atoms with E-state index in [0.717, 1.165) is 6.42 Å². The summed E-state index contributed by atoms with van der Waals surface area (Å²) in [7, 11) is 1.67. The topological polar surface area (TPSA) is 41.6 Å². The van der Waals surface area contributed by atoms with Crippen LogP contribution in [0.2, 0.25) is 0 Å². The van der Waals surface area contributed by atoms with Gasteiger partial charge in [0.2, 0.25) is 5.91 Å². The average Bonchev–Trinajstić information content (AvgIpc) is 2.75. The maximum atomic E-state index is 12.5. The molecule has 0 aromatic heterocycles. The van der Waals surface area contributed by atoms with Gasteiger partial charge >= 0.3 is 0 Å². The summed E-state index contributed by atoms with van der Waals surface area (Å²) in [6.45, 7) is 5.50. The van der Waals surface area contributed by atoms with E-state index < -0.39 is 0 Å². The molecule has 0 radical (unpaired) electrons. The van der Waals surface area contributed by atoms with Gasteiger partial charge in [0, 0.05) is 13.7 Å². The van der Waals surface area contributed by atoms with Crippen LogP contribution in [0.15, 0.2) is 30.3 Å². The lowest BCUT2D eigenvalue weighted by atomic mass is 10.1. The molecular weight excluding hydrogens is 252 g/mol. The molecule has 1 N–H and O–H groups in total. The van der Waals surface area contributed by atoms with Crippen molar-refractivity contribution < 1.29 is 9.53 Å². The quantitative estimate of drug-likeness (QED) is 0.859. The van der Waals surface area contributed by atoms with Crippen LogP contribution in [0, 0.1) is 5.92 Å². The van der Waals surface area contributed by atoms with E-state index in [1.807, 2.05) is 23.1 Å². The molecule has 1 heterocycles. The first-order valence-corrected chi connectivity index (χ1v) is 7.23. The first-order valence-electron chi connectivity index (χ1n) is 7.23. The summed E-state index contributed by atoms with van der Waals surface area (Å²) in [5.41, 5.74) is 1.19. The fourth-order valence-corrected chi connectivity index (χ4v) is 2.69. The number of benzene rings is 1. The highest BCUT2D eigenvalue weighted by molar-refractivity contribution is 5.84. The van der Waals surface area contributed by atoms with Crippen molar-refractivity contribution in [3.8, 4) is 0 Å². The standard InChI is InChI=1S/C16H24N2O2/c1-12(2)15-17-14(11-13-7-5-4-6-8-13)16(19)18(15)9-10-20-3/h4-8,12,14-15,17H,9-11H2,1-3H3. The van der Waals surface area contributed by atoms with Crippen LogP contribution in [0.4, 0.5) is 0 Å². The Labute approximate surface area is 121 Å². The predicted molar refractivity (Wildman–Crippen MR) is 79.3 cm³/mol. The molecule has 1 saturated heterocycles. The molecule has 0 bridgehead atoms. The van der Waals surface area contributed by atoms with Crippen LogP contribution < -0.4 is 5.32 Å². The number of methoxy groups -OCH3 is 1. The Hall–Kier alpha value is -1.39. The Bertz CT molecular complexity index is 433. The number of hydrogen-bond acceptors (Lipinski definition) is 3. The summed E-state index contributed by atoms with van der Waals surface area (Å²) in [6.07, 6.45) is 0.846. The number of rotatable bonds is 6. The zero-order chi connectivity index (χ0) is 14.5. The second kappa shape index (κ2) is 6.86. The highest BCUT2D eigenvalue weighted by Crippen LogP contribution is 2.19. The SMILES string of the molecule is COCCN1C(=O)C(Cc2ccccc2)NC1C(C)C. The molecule has 110 valence electrons. The first-order chi connectivity index (χ1) is 9.63. The third-order valence-electron chi connectivity index (χ3n) is 3.74. The normalized spacial score (nSPS) is 22.8. The van der Waals surface area contributed by atoms with Gasteiger partial charge in [0.1, 0.15) is 0 Å². The molecule has 1 aromatic carbocycles. The van der Waals surface area contributed by atoms with Crippen molar-refractivity contribution in [2.45, 2.75) is 32.5 Å². The number of ether oxygens (including phenoxy) is 1. The fourth-order valence-electron chi connectivity index (χ4n) is 2.69. The molecule has 20 heavy (non-hydrogen) atoms. The summed E-state index contributed by atoms with van der Waals surface area (Å²) in [6, 6.07) is 10.0. The molecule has 2 atom stereocenters. The van der Waals surface area contributed by atoms with Crippen molar-refractivity contribution >= 4 is 5.91 Å². The molecule has 1 aliphatic rings. The third-order valence-corrected chi connectivity index (χ3v) is 3.74. The first kappa shape index (κ1) is 15.0. The van der Waals surface area contributed by atoms with Gasteiger partial charge in [0.05, 0.1) is 18.8 Å². The van der Waals surface area contributed by atoms with Gasteiger partial charge in [-0.25, -0.2) is 0 Å². The Morgan fingerprint density at radius 1 is 1.30 bits per heavy atom. The van der Waals surface area contributed by atoms with Crippen LogP contribution in [0.1, 0.15) is 19.4 Å². The molecule has 0 aliphatic carbocycles. The van der Waals surface area contributed by atoms with Crippen molar-refractivity contribution in [1.82, 2.24) is 10.2 Å². The predicted octanol–water partition coefficient (Wildman–Crippen LogP) is 1.66. The number of nitrogens with one attached hydrogen (secondary N) is 1. The lowest BCUT2D eigenvalue weighted by molar-refractivity contribution is -0.131. The fraction of sp³-hybridized carbons (Fsp3) is 0.562. The van der Waals surface area contributed by atoms with E-state index in [0.29, 0.717) is 19.1 Å². The van der Waals surface area contributed by atoms with Gasteiger partial charge in [-0.15, -0.1) is 0 Å². The van der Waals surface area contributed by atoms with Crippen molar-refractivity contribution in [3.63, 3.8) is 0 Å². The van der Waals surface area contributed by atoms with Crippen LogP contribution in [0.25, 0.3) is 0 Å². The Morgan fingerprint density at radius 2 is 2.00 bits per heavy atom. The van der Waals surface area contributed by atoms with Gasteiger partial charge in [-0.2, -0.15) is 0 Å². The molecule has 1 fully saturated rings. The van der Waals surface area contributed by atoms with Crippen LogP contribution in [-0.2, 0) is 16.0 Å². The van der Waals surface area contributed by atoms with Crippen molar-refractivity contribution in [3.05, 3.63) is 35.9 Å². The number of hydrogen-bond donors (Lipinski definition) is 1. The molecule has 0 saturated carbocycles. The van der Waals surface area contributed by atoms with E-state index in [9.17, 15) is 4.79 Å². The molecule has 2 unspecified atom stereocenters. The third kappa shape index (κ3) is 3.38. The second-order valence-electron chi connectivity index (χ2n) is 5.62. The number of carbonyl (C=O) groups is 1. The van der Waals surface area contributed by atoms with Gasteiger partial charge in [-0.3, -0.25) is 10.1 Å². The van der Waals surface area contributed by atoms with Crippen LogP contribution in [0.5, 0.6) is 0 Å². The molecule has 4 heteroatoms. The zero-order valence-electron chi connectivity index (χ0n) is 12.5. The summed E-state index contributed by atoms with van der Waals surface area (Å²) >= 11 is 0. The van der Waals surface area contributed by atoms with Gasteiger partial charge < -0.3 is 9.64 Å². The monoisotopic (exact) mass is 276 g/mol. The van der Waals surface area contributed by atoms with Crippen LogP contribution in [-0.4, -0.2) is 43.3 Å². The molecule has 2 rings (SSSR count). The molecule has 1 aliphatic heterocycles. The molecule has 1 aromatic rings. The molecule has 1 amide bonds. The Kier molecular flexibility index (Phi) is 5.15. The number of amides is 1. The van der Waals surface area contributed by atoms with E-state index in [1.165, 1.54) is 5.56 Å². The highest BCUT2D eigenvalue weighted by atomic mass is 16.5. The maximum absolute atomic E-state index is 12.5. The van der Waals surface area contributed by atoms with Gasteiger partial charge in [0.15, 0.2) is 0 Å². The molecular formula is C16H24N2O2. The number of carbonyl (C=O) groups excluding carboxylic acids is 1. The minimum atomic E-state index is -0.123. The van der Waals surface area contributed by atoms with Crippen LogP contribution >= 0.6 is 0 Å². The van der Waals surface area contributed by atoms with Crippen molar-refractivity contribution in [1.29, 1.82) is 0 Å². The van der Waals surface area contributed by atoms with E-state index in [1.54, 1.807) is 7.11 Å². The summed E-state index contributed by atoms with van der Waals surface area (Å²) in [4.78, 5) is 14.5. The van der Waals surface area contributed by atoms with E-state index >= 15 is 0 Å².